The molecule has 0 saturated heterocycles. The number of methoxy groups -OCH3 is 1. The van der Waals surface area contributed by atoms with Crippen LogP contribution in [0.25, 0.3) is 0 Å². The Balaban J connectivity index is 0. The normalized spacial score (nSPS) is 9.70. The topological polar surface area (TPSA) is 112 Å². The van der Waals surface area contributed by atoms with E-state index in [9.17, 15) is 9.59 Å². The second-order valence-electron chi connectivity index (χ2n) is 9.53. The number of hydrogen-bond donors (Lipinski definition) is 1. The van der Waals surface area contributed by atoms with Crippen molar-refractivity contribution < 1.29 is 63.9 Å². The molecule has 2 N–H and O–H groups in total. The van der Waals surface area contributed by atoms with E-state index in [0.717, 1.165) is 0 Å². The Bertz CT molecular complexity index is 1090. The van der Waals surface area contributed by atoms with Crippen molar-refractivity contribution >= 4 is 11.9 Å². The maximum absolute atomic E-state index is 11.2. The summed E-state index contributed by atoms with van der Waals surface area (Å²) in [6.07, 6.45) is 0. The van der Waals surface area contributed by atoms with Crippen LogP contribution in [0.1, 0.15) is 62.3 Å². The maximum atomic E-state index is 11.2. The van der Waals surface area contributed by atoms with E-state index in [1.807, 2.05) is 41.5 Å². The van der Waals surface area contributed by atoms with Crippen molar-refractivity contribution in [3.63, 3.8) is 0 Å². The van der Waals surface area contributed by atoms with Crippen molar-refractivity contribution in [1.82, 2.24) is 0 Å². The summed E-state index contributed by atoms with van der Waals surface area (Å²) in [5, 5.41) is 8.72. The molecule has 0 aromatic heterocycles. The number of carbonyl (C=O) groups excluding carboxylic acids is 1. The van der Waals surface area contributed by atoms with E-state index in [0.29, 0.717) is 30.3 Å². The Kier molecular flexibility index (Phi) is 17.1. The van der Waals surface area contributed by atoms with Crippen LogP contribution < -0.4 is 39.0 Å². The van der Waals surface area contributed by atoms with Crippen LogP contribution in [0.15, 0.2) is 48.5 Å². The van der Waals surface area contributed by atoms with E-state index >= 15 is 0 Å². The largest absolute Gasteiger partial charge is 1.00 e. The first-order valence-corrected chi connectivity index (χ1v) is 11.1. The van der Waals surface area contributed by atoms with Gasteiger partial charge in [-0.2, -0.15) is 0 Å². The Labute approximate surface area is 242 Å². The molecule has 0 aliphatic heterocycles. The van der Waals surface area contributed by atoms with E-state index in [-0.39, 0.29) is 57.4 Å². The Morgan fingerprint density at radius 1 is 0.730 bits per heavy atom. The van der Waals surface area contributed by atoms with Crippen molar-refractivity contribution in [2.45, 2.75) is 41.5 Å². The van der Waals surface area contributed by atoms with E-state index in [1.54, 1.807) is 36.4 Å². The molecular formula is C29H35NaO7. The Hall–Kier alpha value is -2.94. The second-order valence-corrected chi connectivity index (χ2v) is 9.53. The molecule has 7 nitrogen and oxygen atoms in total. The summed E-state index contributed by atoms with van der Waals surface area (Å²) >= 11 is 0. The van der Waals surface area contributed by atoms with Gasteiger partial charge in [0.2, 0.25) is 0 Å². The van der Waals surface area contributed by atoms with Crippen molar-refractivity contribution in [2.24, 2.45) is 10.8 Å². The van der Waals surface area contributed by atoms with Crippen molar-refractivity contribution in [1.29, 1.82) is 0 Å². The van der Waals surface area contributed by atoms with Gasteiger partial charge in [-0.1, -0.05) is 23.7 Å². The predicted octanol–water partition coefficient (Wildman–Crippen LogP) is 2.54. The van der Waals surface area contributed by atoms with Gasteiger partial charge >= 0.3 is 41.5 Å². The minimum atomic E-state index is -0.941. The van der Waals surface area contributed by atoms with Gasteiger partial charge in [-0.3, -0.25) is 0 Å². The van der Waals surface area contributed by atoms with E-state index < -0.39 is 5.97 Å². The van der Waals surface area contributed by atoms with Gasteiger partial charge in [-0.05, 0) is 90.1 Å². The van der Waals surface area contributed by atoms with Gasteiger partial charge in [0, 0.05) is 10.8 Å². The number of carboxylic acids is 1. The molecule has 0 saturated carbocycles. The molecule has 0 aliphatic carbocycles. The summed E-state index contributed by atoms with van der Waals surface area (Å²) in [6.45, 7) is 12.9. The maximum Gasteiger partial charge on any atom is 1.00 e. The average Bonchev–Trinajstić information content (AvgIpc) is 2.79. The molecule has 37 heavy (non-hydrogen) atoms. The molecule has 0 spiro atoms. The minimum Gasteiger partial charge on any atom is -0.870 e. The number of aromatic carboxylic acids is 1. The molecule has 0 radical (unpaired) electrons. The van der Waals surface area contributed by atoms with Crippen molar-refractivity contribution in [3.8, 4) is 35.2 Å². The van der Waals surface area contributed by atoms with Crippen LogP contribution in [0.2, 0.25) is 0 Å². The molecule has 0 unspecified atom stereocenters. The van der Waals surface area contributed by atoms with Gasteiger partial charge in [0.05, 0.1) is 18.2 Å². The first-order chi connectivity index (χ1) is 16.3. The molecular weight excluding hydrogens is 483 g/mol. The zero-order valence-corrected chi connectivity index (χ0v) is 25.0. The standard InChI is InChI=1S/C15H18O3.C14H16O3.Na.H2O/c1-15(2,3)10-5-11-18-13-8-6-12(7-9-13)14(16)17-4;1-14(2,3)9-4-10-17-12-7-5-11(6-8-12)13(15)16;;/h6-9H,11H2,1-4H3;5-8H,10H2,1-3H3,(H,15,16);;1H2/q;;+1;/p-1. The van der Waals surface area contributed by atoms with Crippen LogP contribution in [-0.2, 0) is 4.74 Å². The molecule has 194 valence electrons. The third kappa shape index (κ3) is 17.2. The van der Waals surface area contributed by atoms with Crippen molar-refractivity contribution in [2.75, 3.05) is 20.3 Å². The molecule has 0 atom stereocenters. The van der Waals surface area contributed by atoms with E-state index in [4.69, 9.17) is 14.6 Å². The third-order valence-corrected chi connectivity index (χ3v) is 3.93. The Morgan fingerprint density at radius 3 is 1.38 bits per heavy atom. The molecule has 0 aliphatic rings. The molecule has 2 aromatic rings. The predicted molar refractivity (Wildman–Crippen MR) is 139 cm³/mol. The van der Waals surface area contributed by atoms with Gasteiger partial charge in [0.25, 0.3) is 0 Å². The number of ether oxygens (including phenoxy) is 3. The van der Waals surface area contributed by atoms with E-state index in [2.05, 4.69) is 28.4 Å². The second kappa shape index (κ2) is 17.5. The van der Waals surface area contributed by atoms with Gasteiger partial charge in [-0.15, -0.1) is 0 Å². The number of rotatable bonds is 6. The minimum absolute atomic E-state index is 0. The van der Waals surface area contributed by atoms with Crippen LogP contribution in [0.5, 0.6) is 11.5 Å². The summed E-state index contributed by atoms with van der Waals surface area (Å²) in [7, 11) is 1.36. The number of hydrogen-bond acceptors (Lipinski definition) is 6. The fraction of sp³-hybridized carbons (Fsp3) is 0.379. The number of esters is 1. The smallest absolute Gasteiger partial charge is 0.870 e. The Morgan fingerprint density at radius 2 is 1.08 bits per heavy atom. The van der Waals surface area contributed by atoms with Crippen molar-refractivity contribution in [3.05, 3.63) is 59.7 Å². The van der Waals surface area contributed by atoms with Crippen LogP contribution in [0.4, 0.5) is 0 Å². The first kappa shape index (κ1) is 36.2. The molecule has 2 aromatic carbocycles. The first-order valence-electron chi connectivity index (χ1n) is 11.1. The monoisotopic (exact) mass is 518 g/mol. The number of benzene rings is 2. The van der Waals surface area contributed by atoms with Crippen LogP contribution in [0.3, 0.4) is 0 Å². The van der Waals surface area contributed by atoms with Gasteiger partial charge in [0.15, 0.2) is 0 Å². The van der Waals surface area contributed by atoms with E-state index in [1.165, 1.54) is 19.2 Å². The van der Waals surface area contributed by atoms with Crippen LogP contribution in [-0.4, -0.2) is 42.8 Å². The van der Waals surface area contributed by atoms with Gasteiger partial charge < -0.3 is 24.8 Å². The summed E-state index contributed by atoms with van der Waals surface area (Å²) in [5.41, 5.74) is 0.706. The zero-order chi connectivity index (χ0) is 26.5. The fourth-order valence-corrected chi connectivity index (χ4v) is 2.34. The summed E-state index contributed by atoms with van der Waals surface area (Å²) in [4.78, 5) is 21.8. The molecule has 0 fully saturated rings. The zero-order valence-electron chi connectivity index (χ0n) is 23.0. The third-order valence-electron chi connectivity index (χ3n) is 3.93. The average molecular weight is 519 g/mol. The van der Waals surface area contributed by atoms with Gasteiger partial charge in [0.1, 0.15) is 24.7 Å². The summed E-state index contributed by atoms with van der Waals surface area (Å²) in [6, 6.07) is 13.1. The van der Waals surface area contributed by atoms with Crippen LogP contribution in [0, 0.1) is 34.5 Å². The molecule has 8 heteroatoms. The molecule has 0 amide bonds. The summed E-state index contributed by atoms with van der Waals surface area (Å²) in [5.74, 6) is 12.0. The fourth-order valence-electron chi connectivity index (χ4n) is 2.34. The SMILES string of the molecule is CC(C)(C)C#CCOc1ccc(C(=O)O)cc1.COC(=O)c1ccc(OCC#CC(C)(C)C)cc1.[Na+].[OH-]. The molecule has 0 bridgehead atoms. The number of carboxylic acid groups (broad SMARTS) is 1. The summed E-state index contributed by atoms with van der Waals surface area (Å²) < 4.78 is 15.4. The van der Waals surface area contributed by atoms with Crippen LogP contribution >= 0.6 is 0 Å². The molecule has 0 heterocycles. The quantitative estimate of drug-likeness (QED) is 0.355. The number of carbonyl (C=O) groups is 2. The molecule has 2 rings (SSSR count). The van der Waals surface area contributed by atoms with Gasteiger partial charge in [-0.25, -0.2) is 9.59 Å².